The molecule has 3 aromatic carbocycles. The normalized spacial score (nSPS) is 12.8. The third-order valence-electron chi connectivity index (χ3n) is 6.71. The van der Waals surface area contributed by atoms with Crippen LogP contribution in [0, 0.1) is 27.7 Å². The van der Waals surface area contributed by atoms with Gasteiger partial charge in [0.05, 0.1) is 31.0 Å². The predicted octanol–water partition coefficient (Wildman–Crippen LogP) is 6.37. The summed E-state index contributed by atoms with van der Waals surface area (Å²) >= 11 is 0. The van der Waals surface area contributed by atoms with Crippen molar-refractivity contribution in [1.29, 1.82) is 0 Å². The van der Waals surface area contributed by atoms with Gasteiger partial charge in [-0.05, 0) is 64.8 Å². The smallest absolute Gasteiger partial charge is 0.167 e. The highest BCUT2D eigenvalue weighted by Crippen LogP contribution is 2.34. The first-order chi connectivity index (χ1) is 18.6. The quantitative estimate of drug-likeness (QED) is 0.231. The average molecular weight is 528 g/mol. The van der Waals surface area contributed by atoms with Crippen LogP contribution in [0.2, 0.25) is 0 Å². The molecule has 2 N–H and O–H groups in total. The van der Waals surface area contributed by atoms with Crippen LogP contribution < -0.4 is 4.74 Å². The molecule has 0 aliphatic rings. The number of aliphatic hydroxyl groups is 1. The maximum Gasteiger partial charge on any atom is 0.167 e. The molecule has 0 amide bonds. The maximum atomic E-state index is 11.0. The third kappa shape index (κ3) is 6.99. The van der Waals surface area contributed by atoms with E-state index in [0.717, 1.165) is 33.4 Å². The Hall–Kier alpha value is -3.81. The van der Waals surface area contributed by atoms with Crippen LogP contribution in [0.1, 0.15) is 42.5 Å². The topological polar surface area (TPSA) is 97.6 Å². The van der Waals surface area contributed by atoms with Crippen LogP contribution in [0.25, 0.3) is 34.2 Å². The van der Waals surface area contributed by atoms with Crippen LogP contribution in [0.15, 0.2) is 54.6 Å². The lowest BCUT2D eigenvalue weighted by Gasteiger charge is -2.15. The van der Waals surface area contributed by atoms with Crippen molar-refractivity contribution >= 4 is 0 Å². The van der Waals surface area contributed by atoms with Crippen molar-refractivity contribution in [3.8, 4) is 45.7 Å². The summed E-state index contributed by atoms with van der Waals surface area (Å²) in [7, 11) is 0. The molecule has 0 saturated heterocycles. The minimum Gasteiger partial charge on any atom is -0.507 e. The second-order valence-electron chi connectivity index (χ2n) is 10.1. The number of hydrogen-bond acceptors (Lipinski definition) is 7. The van der Waals surface area contributed by atoms with Crippen LogP contribution in [-0.4, -0.2) is 50.6 Å². The van der Waals surface area contributed by atoms with E-state index in [1.165, 1.54) is 0 Å². The summed E-state index contributed by atoms with van der Waals surface area (Å²) in [5.41, 5.74) is 6.80. The SMILES string of the molecule is Cc1ccc(-c2nc(-c3ccc(C)cc3C)nc(-c3ccc(OCCCOC(C)C(C)O)cc3O)n2)c(C)c1. The zero-order valence-electron chi connectivity index (χ0n) is 23.5. The van der Waals surface area contributed by atoms with Crippen molar-refractivity contribution in [1.82, 2.24) is 15.0 Å². The fourth-order valence-electron chi connectivity index (χ4n) is 4.31. The maximum absolute atomic E-state index is 11.0. The number of aryl methyl sites for hydroxylation is 4. The summed E-state index contributed by atoms with van der Waals surface area (Å²) < 4.78 is 11.4. The van der Waals surface area contributed by atoms with Gasteiger partial charge >= 0.3 is 0 Å². The molecule has 0 fully saturated rings. The lowest BCUT2D eigenvalue weighted by atomic mass is 10.0. The number of aromatic hydroxyl groups is 1. The van der Waals surface area contributed by atoms with Gasteiger partial charge in [-0.3, -0.25) is 0 Å². The summed E-state index contributed by atoms with van der Waals surface area (Å²) in [5.74, 6) is 2.06. The minimum atomic E-state index is -0.517. The summed E-state index contributed by atoms with van der Waals surface area (Å²) in [6.07, 6.45) is -0.0847. The number of ether oxygens (including phenoxy) is 2. The summed E-state index contributed by atoms with van der Waals surface area (Å²) in [6, 6.07) is 17.5. The molecule has 0 saturated carbocycles. The van der Waals surface area contributed by atoms with Gasteiger partial charge in [0.2, 0.25) is 0 Å². The molecule has 4 aromatic rings. The molecule has 4 rings (SSSR count). The number of rotatable bonds is 10. The van der Waals surface area contributed by atoms with Gasteiger partial charge in [0.15, 0.2) is 17.5 Å². The number of benzene rings is 3. The Morgan fingerprint density at radius 1 is 0.692 bits per heavy atom. The Labute approximate surface area is 230 Å². The fourth-order valence-corrected chi connectivity index (χ4v) is 4.31. The van der Waals surface area contributed by atoms with Gasteiger partial charge in [-0.2, -0.15) is 0 Å². The van der Waals surface area contributed by atoms with Gasteiger partial charge in [-0.25, -0.2) is 15.0 Å². The molecule has 7 heteroatoms. The van der Waals surface area contributed by atoms with Gasteiger partial charge in [-0.1, -0.05) is 47.5 Å². The Morgan fingerprint density at radius 2 is 1.21 bits per heavy atom. The zero-order chi connectivity index (χ0) is 28.1. The summed E-state index contributed by atoms with van der Waals surface area (Å²) in [5, 5.41) is 20.5. The van der Waals surface area contributed by atoms with Crippen molar-refractivity contribution in [3.63, 3.8) is 0 Å². The van der Waals surface area contributed by atoms with Gasteiger partial charge in [0.1, 0.15) is 11.5 Å². The number of hydrogen-bond donors (Lipinski definition) is 2. The fraction of sp³-hybridized carbons (Fsp3) is 0.344. The molecule has 0 aliphatic heterocycles. The molecule has 2 atom stereocenters. The molecule has 0 bridgehead atoms. The van der Waals surface area contributed by atoms with Crippen molar-refractivity contribution in [3.05, 3.63) is 76.9 Å². The molecule has 1 aromatic heterocycles. The van der Waals surface area contributed by atoms with E-state index in [0.29, 0.717) is 48.4 Å². The van der Waals surface area contributed by atoms with Gasteiger partial charge < -0.3 is 19.7 Å². The molecule has 1 heterocycles. The second kappa shape index (κ2) is 12.4. The highest BCUT2D eigenvalue weighted by Gasteiger charge is 2.17. The number of phenolic OH excluding ortho intramolecular Hbond substituents is 1. The predicted molar refractivity (Wildman–Crippen MR) is 154 cm³/mol. The van der Waals surface area contributed by atoms with Crippen LogP contribution >= 0.6 is 0 Å². The van der Waals surface area contributed by atoms with E-state index in [9.17, 15) is 10.2 Å². The van der Waals surface area contributed by atoms with Gasteiger partial charge in [-0.15, -0.1) is 0 Å². The van der Waals surface area contributed by atoms with E-state index in [1.807, 2.05) is 45.0 Å². The van der Waals surface area contributed by atoms with Gasteiger partial charge in [0, 0.05) is 23.6 Å². The molecule has 0 spiro atoms. The Morgan fingerprint density at radius 3 is 1.69 bits per heavy atom. The Balaban J connectivity index is 1.64. The summed E-state index contributed by atoms with van der Waals surface area (Å²) in [6.45, 7) is 12.6. The van der Waals surface area contributed by atoms with Crippen molar-refractivity contribution < 1.29 is 19.7 Å². The molecule has 0 aliphatic carbocycles. The second-order valence-corrected chi connectivity index (χ2v) is 10.1. The highest BCUT2D eigenvalue weighted by molar-refractivity contribution is 5.72. The number of nitrogens with zero attached hydrogens (tertiary/aromatic N) is 3. The molecule has 7 nitrogen and oxygen atoms in total. The first kappa shape index (κ1) is 28.2. The molecule has 39 heavy (non-hydrogen) atoms. The standard InChI is InChI=1S/C32H37N3O4/c1-19-8-11-26(21(3)16-19)30-33-31(27-12-9-20(2)17-22(27)4)35-32(34-30)28-13-10-25(18-29(28)37)39-15-7-14-38-24(6)23(5)36/h8-13,16-18,23-24,36-37H,7,14-15H2,1-6H3. The highest BCUT2D eigenvalue weighted by atomic mass is 16.5. The molecule has 0 radical (unpaired) electrons. The van der Waals surface area contributed by atoms with E-state index in [-0.39, 0.29) is 11.9 Å². The van der Waals surface area contributed by atoms with Gasteiger partial charge in [0.25, 0.3) is 0 Å². The van der Waals surface area contributed by atoms with Crippen molar-refractivity contribution in [2.75, 3.05) is 13.2 Å². The largest absolute Gasteiger partial charge is 0.507 e. The van der Waals surface area contributed by atoms with Crippen molar-refractivity contribution in [2.24, 2.45) is 0 Å². The van der Waals surface area contributed by atoms with E-state index >= 15 is 0 Å². The van der Waals surface area contributed by atoms with E-state index in [2.05, 4.69) is 26.0 Å². The first-order valence-corrected chi connectivity index (χ1v) is 13.3. The zero-order valence-corrected chi connectivity index (χ0v) is 23.5. The first-order valence-electron chi connectivity index (χ1n) is 13.3. The lowest BCUT2D eigenvalue weighted by Crippen LogP contribution is -2.23. The van der Waals surface area contributed by atoms with Crippen LogP contribution in [-0.2, 0) is 4.74 Å². The molecular formula is C32H37N3O4. The molecule has 2 unspecified atom stereocenters. The van der Waals surface area contributed by atoms with E-state index in [1.54, 1.807) is 25.1 Å². The lowest BCUT2D eigenvalue weighted by molar-refractivity contribution is -0.0213. The number of phenols is 1. The van der Waals surface area contributed by atoms with Crippen LogP contribution in [0.5, 0.6) is 11.5 Å². The average Bonchev–Trinajstić information content (AvgIpc) is 2.88. The summed E-state index contributed by atoms with van der Waals surface area (Å²) in [4.78, 5) is 14.4. The number of aromatic nitrogens is 3. The van der Waals surface area contributed by atoms with E-state index < -0.39 is 6.10 Å². The van der Waals surface area contributed by atoms with Crippen LogP contribution in [0.3, 0.4) is 0 Å². The number of aliphatic hydroxyl groups excluding tert-OH is 1. The van der Waals surface area contributed by atoms with Crippen molar-refractivity contribution in [2.45, 2.75) is 60.2 Å². The monoisotopic (exact) mass is 527 g/mol. The Bertz CT molecular complexity index is 1380. The molecular weight excluding hydrogens is 490 g/mol. The third-order valence-corrected chi connectivity index (χ3v) is 6.71. The molecule has 204 valence electrons. The minimum absolute atomic E-state index is 0.0239. The van der Waals surface area contributed by atoms with Crippen LogP contribution in [0.4, 0.5) is 0 Å². The Kier molecular flexibility index (Phi) is 8.94. The van der Waals surface area contributed by atoms with E-state index in [4.69, 9.17) is 24.4 Å².